The fourth-order valence-corrected chi connectivity index (χ4v) is 3.54. The van der Waals surface area contributed by atoms with Crippen molar-refractivity contribution in [2.45, 2.75) is 70.8 Å². The van der Waals surface area contributed by atoms with E-state index < -0.39 is 32.3 Å². The number of carbonyl (C=O) groups is 3. The summed E-state index contributed by atoms with van der Waals surface area (Å²) < 4.78 is 6.03. The topological polar surface area (TPSA) is 105 Å². The van der Waals surface area contributed by atoms with Crippen LogP contribution in [0.1, 0.15) is 39.7 Å². The normalized spacial score (nSPS) is 14.0. The Morgan fingerprint density at radius 1 is 1.07 bits per heavy atom. The second-order valence-electron chi connectivity index (χ2n) is 8.74. The van der Waals surface area contributed by atoms with Crippen molar-refractivity contribution in [3.05, 3.63) is 35.9 Å². The van der Waals surface area contributed by atoms with E-state index in [4.69, 9.17) is 4.43 Å². The van der Waals surface area contributed by atoms with Crippen LogP contribution in [0.25, 0.3) is 0 Å². The maximum Gasteiger partial charge on any atom is 0.326 e. The maximum absolute atomic E-state index is 12.7. The molecule has 0 heterocycles. The van der Waals surface area contributed by atoms with Gasteiger partial charge in [-0.1, -0.05) is 51.1 Å². The molecule has 8 heteroatoms. The summed E-state index contributed by atoms with van der Waals surface area (Å²) in [5.74, 6) is -2.00. The molecule has 0 saturated heterocycles. The zero-order chi connectivity index (χ0) is 22.2. The van der Waals surface area contributed by atoms with Gasteiger partial charge >= 0.3 is 5.97 Å². The molecule has 2 atom stereocenters. The molecule has 0 aliphatic carbocycles. The van der Waals surface area contributed by atoms with Crippen molar-refractivity contribution in [1.29, 1.82) is 0 Å². The first-order chi connectivity index (χ1) is 13.3. The Morgan fingerprint density at radius 2 is 1.66 bits per heavy atom. The van der Waals surface area contributed by atoms with E-state index in [9.17, 15) is 19.5 Å². The summed E-state index contributed by atoms with van der Waals surface area (Å²) in [6, 6.07) is 7.32. The summed E-state index contributed by atoms with van der Waals surface area (Å²) in [5.41, 5.74) is 0.870. The Kier molecular flexibility index (Phi) is 9.03. The molecule has 0 aliphatic rings. The molecule has 1 aromatic rings. The van der Waals surface area contributed by atoms with Gasteiger partial charge in [-0.25, -0.2) is 4.79 Å². The lowest BCUT2D eigenvalue weighted by molar-refractivity contribution is -0.142. The number of rotatable bonds is 10. The van der Waals surface area contributed by atoms with Crippen molar-refractivity contribution >= 4 is 26.1 Å². The summed E-state index contributed by atoms with van der Waals surface area (Å²) in [5, 5.41) is 14.7. The highest BCUT2D eigenvalue weighted by Gasteiger charge is 2.37. The summed E-state index contributed by atoms with van der Waals surface area (Å²) in [6.07, 6.45) is 0.435. The summed E-state index contributed by atoms with van der Waals surface area (Å²) in [6.45, 7) is 12.1. The van der Waals surface area contributed by atoms with E-state index in [0.717, 1.165) is 5.56 Å². The molecule has 2 amide bonds. The van der Waals surface area contributed by atoms with Crippen LogP contribution in [0.3, 0.4) is 0 Å². The highest BCUT2D eigenvalue weighted by atomic mass is 28.4. The molecule has 0 unspecified atom stereocenters. The number of carboxylic acids is 1. The molecule has 0 saturated carbocycles. The predicted molar refractivity (Wildman–Crippen MR) is 115 cm³/mol. The number of aliphatic carboxylic acids is 1. The van der Waals surface area contributed by atoms with Crippen molar-refractivity contribution in [2.75, 3.05) is 6.61 Å². The molecule has 1 aromatic carbocycles. The van der Waals surface area contributed by atoms with E-state index in [1.54, 1.807) is 0 Å². The summed E-state index contributed by atoms with van der Waals surface area (Å²) >= 11 is 0. The zero-order valence-corrected chi connectivity index (χ0v) is 19.2. The van der Waals surface area contributed by atoms with Crippen molar-refractivity contribution in [1.82, 2.24) is 10.6 Å². The molecule has 1 rings (SSSR count). The van der Waals surface area contributed by atoms with Gasteiger partial charge < -0.3 is 20.2 Å². The number of amides is 2. The molecule has 0 aromatic heterocycles. The van der Waals surface area contributed by atoms with Crippen LogP contribution in [0.4, 0.5) is 0 Å². The average molecular weight is 423 g/mol. The van der Waals surface area contributed by atoms with E-state index >= 15 is 0 Å². The van der Waals surface area contributed by atoms with E-state index in [-0.39, 0.29) is 30.4 Å². The first kappa shape index (κ1) is 24.8. The maximum atomic E-state index is 12.7. The molecule has 29 heavy (non-hydrogen) atoms. The molecular formula is C21H34N2O5Si. The standard InChI is InChI=1S/C21H34N2O5Si/c1-15(24)22-18(14-16-10-8-7-9-11-16)19(25)23-17(20(26)27)12-13-28-29(5,6)21(2,3)4/h7-11,17-18H,12-14H2,1-6H3,(H,22,24)(H,23,25)(H,26,27)/t17-,18-/m0/s1. The van der Waals surface area contributed by atoms with Gasteiger partial charge in [0.15, 0.2) is 8.32 Å². The monoisotopic (exact) mass is 422 g/mol. The van der Waals surface area contributed by atoms with Crippen LogP contribution >= 0.6 is 0 Å². The van der Waals surface area contributed by atoms with Gasteiger partial charge in [-0.3, -0.25) is 9.59 Å². The molecule has 0 bridgehead atoms. The predicted octanol–water partition coefficient (Wildman–Crippen LogP) is 2.72. The van der Waals surface area contributed by atoms with Gasteiger partial charge in [0.25, 0.3) is 0 Å². The van der Waals surface area contributed by atoms with Crippen LogP contribution in [0.2, 0.25) is 18.1 Å². The molecule has 162 valence electrons. The quantitative estimate of drug-likeness (QED) is 0.503. The lowest BCUT2D eigenvalue weighted by Gasteiger charge is -2.36. The number of benzene rings is 1. The molecule has 0 aliphatic heterocycles. The second-order valence-corrected chi connectivity index (χ2v) is 13.5. The minimum absolute atomic E-state index is 0.0150. The van der Waals surface area contributed by atoms with Crippen molar-refractivity contribution in [3.63, 3.8) is 0 Å². The first-order valence-electron chi connectivity index (χ1n) is 9.81. The number of nitrogens with one attached hydrogen (secondary N) is 2. The molecule has 0 radical (unpaired) electrons. The van der Waals surface area contributed by atoms with Crippen LogP contribution in [0, 0.1) is 0 Å². The fraction of sp³-hybridized carbons (Fsp3) is 0.571. The minimum atomic E-state index is -2.00. The summed E-state index contributed by atoms with van der Waals surface area (Å²) in [4.78, 5) is 35.9. The smallest absolute Gasteiger partial charge is 0.326 e. The number of carboxylic acid groups (broad SMARTS) is 1. The van der Waals surface area contributed by atoms with Gasteiger partial charge in [-0.15, -0.1) is 0 Å². The third kappa shape index (κ3) is 8.37. The molecular weight excluding hydrogens is 388 g/mol. The lowest BCUT2D eigenvalue weighted by Crippen LogP contribution is -2.52. The van der Waals surface area contributed by atoms with E-state index in [0.29, 0.717) is 0 Å². The van der Waals surface area contributed by atoms with E-state index in [1.165, 1.54) is 6.92 Å². The first-order valence-corrected chi connectivity index (χ1v) is 12.7. The van der Waals surface area contributed by atoms with Crippen LogP contribution in [-0.2, 0) is 25.2 Å². The van der Waals surface area contributed by atoms with Crippen molar-refractivity contribution < 1.29 is 23.9 Å². The number of hydrogen-bond acceptors (Lipinski definition) is 4. The third-order valence-corrected chi connectivity index (χ3v) is 9.81. The van der Waals surface area contributed by atoms with Crippen molar-refractivity contribution in [3.8, 4) is 0 Å². The Balaban J connectivity index is 2.77. The van der Waals surface area contributed by atoms with Gasteiger partial charge in [-0.05, 0) is 23.7 Å². The zero-order valence-electron chi connectivity index (χ0n) is 18.2. The molecule has 0 spiro atoms. The average Bonchev–Trinajstić information content (AvgIpc) is 2.59. The van der Waals surface area contributed by atoms with Crippen molar-refractivity contribution in [2.24, 2.45) is 0 Å². The molecule has 0 fully saturated rings. The van der Waals surface area contributed by atoms with Gasteiger partial charge in [0.1, 0.15) is 12.1 Å². The number of carbonyl (C=O) groups excluding carboxylic acids is 2. The molecule has 3 N–H and O–H groups in total. The Bertz CT molecular complexity index is 701. The van der Waals surface area contributed by atoms with Gasteiger partial charge in [0.2, 0.25) is 11.8 Å². The lowest BCUT2D eigenvalue weighted by atomic mass is 10.0. The second kappa shape index (κ2) is 10.5. The number of hydrogen-bond donors (Lipinski definition) is 3. The van der Waals surface area contributed by atoms with Crippen LogP contribution < -0.4 is 10.6 Å². The van der Waals surface area contributed by atoms with Crippen LogP contribution in [0.5, 0.6) is 0 Å². The van der Waals surface area contributed by atoms with Crippen LogP contribution in [0.15, 0.2) is 30.3 Å². The SMILES string of the molecule is CC(=O)N[C@@H](Cc1ccccc1)C(=O)N[C@@H](CCO[Si](C)(C)C(C)(C)C)C(=O)O. The Morgan fingerprint density at radius 3 is 2.14 bits per heavy atom. The van der Waals surface area contributed by atoms with Gasteiger partial charge in [-0.2, -0.15) is 0 Å². The highest BCUT2D eigenvalue weighted by Crippen LogP contribution is 2.36. The fourth-order valence-electron chi connectivity index (χ4n) is 2.48. The minimum Gasteiger partial charge on any atom is -0.480 e. The molecule has 7 nitrogen and oxygen atoms in total. The van der Waals surface area contributed by atoms with Gasteiger partial charge in [0.05, 0.1) is 0 Å². The van der Waals surface area contributed by atoms with E-state index in [1.807, 2.05) is 30.3 Å². The third-order valence-electron chi connectivity index (χ3n) is 5.27. The van der Waals surface area contributed by atoms with Crippen LogP contribution in [-0.4, -0.2) is 49.9 Å². The Hall–Kier alpha value is -2.19. The largest absolute Gasteiger partial charge is 0.480 e. The summed E-state index contributed by atoms with van der Waals surface area (Å²) in [7, 11) is -2.00. The highest BCUT2D eigenvalue weighted by molar-refractivity contribution is 6.74. The Labute approximate surface area is 174 Å². The van der Waals surface area contributed by atoms with E-state index in [2.05, 4.69) is 44.5 Å². The van der Waals surface area contributed by atoms with Gasteiger partial charge in [0, 0.05) is 26.4 Å².